The third kappa shape index (κ3) is 3.08. The highest BCUT2D eigenvalue weighted by molar-refractivity contribution is 5.56. The first kappa shape index (κ1) is 14.3. The normalized spacial score (nSPS) is 25.1. The van der Waals surface area contributed by atoms with Crippen LogP contribution in [-0.2, 0) is 0 Å². The molecule has 106 valence electrons. The zero-order chi connectivity index (χ0) is 14.0. The molecule has 2 unspecified atom stereocenters. The van der Waals surface area contributed by atoms with Crippen LogP contribution in [0.3, 0.4) is 0 Å². The summed E-state index contributed by atoms with van der Waals surface area (Å²) in [6.07, 6.45) is 4.82. The molecule has 1 aromatic rings. The number of benzene rings is 1. The molecule has 2 nitrogen and oxygen atoms in total. The summed E-state index contributed by atoms with van der Waals surface area (Å²) in [6, 6.07) is 5.50. The Kier molecular flexibility index (Phi) is 4.46. The topological polar surface area (TPSA) is 29.3 Å². The first-order chi connectivity index (χ1) is 9.00. The van der Waals surface area contributed by atoms with E-state index in [0.717, 1.165) is 24.3 Å². The van der Waals surface area contributed by atoms with Crippen molar-refractivity contribution in [3.05, 3.63) is 29.6 Å². The SMILES string of the molecule is CC1CCCC(N(C)c2c(F)cccc2[C@H](C)N)C1. The maximum Gasteiger partial charge on any atom is 0.146 e. The van der Waals surface area contributed by atoms with E-state index in [1.807, 2.05) is 20.0 Å². The van der Waals surface area contributed by atoms with Gasteiger partial charge in [0.2, 0.25) is 0 Å². The van der Waals surface area contributed by atoms with Gasteiger partial charge in [-0.05, 0) is 37.3 Å². The number of hydrogen-bond donors (Lipinski definition) is 1. The highest BCUT2D eigenvalue weighted by Gasteiger charge is 2.26. The van der Waals surface area contributed by atoms with E-state index in [9.17, 15) is 4.39 Å². The van der Waals surface area contributed by atoms with Crippen LogP contribution in [0.15, 0.2) is 18.2 Å². The summed E-state index contributed by atoms with van der Waals surface area (Å²) < 4.78 is 14.2. The molecule has 19 heavy (non-hydrogen) atoms. The lowest BCUT2D eigenvalue weighted by atomic mass is 9.86. The molecular formula is C16H25FN2. The fraction of sp³-hybridized carbons (Fsp3) is 0.625. The number of nitrogens with two attached hydrogens (primary N) is 1. The lowest BCUT2D eigenvalue weighted by Gasteiger charge is -2.37. The monoisotopic (exact) mass is 264 g/mol. The molecule has 0 spiro atoms. The van der Waals surface area contributed by atoms with Crippen molar-refractivity contribution in [2.75, 3.05) is 11.9 Å². The van der Waals surface area contributed by atoms with Gasteiger partial charge in [-0.2, -0.15) is 0 Å². The van der Waals surface area contributed by atoms with E-state index in [-0.39, 0.29) is 11.9 Å². The molecule has 3 atom stereocenters. The fourth-order valence-electron chi connectivity index (χ4n) is 3.21. The van der Waals surface area contributed by atoms with Gasteiger partial charge in [-0.3, -0.25) is 0 Å². The Hall–Kier alpha value is -1.09. The minimum absolute atomic E-state index is 0.144. The highest BCUT2D eigenvalue weighted by Crippen LogP contribution is 2.34. The number of nitrogens with zero attached hydrogens (tertiary/aromatic N) is 1. The van der Waals surface area contributed by atoms with E-state index in [4.69, 9.17) is 5.73 Å². The average Bonchev–Trinajstić information content (AvgIpc) is 2.37. The molecule has 1 aromatic carbocycles. The zero-order valence-corrected chi connectivity index (χ0v) is 12.2. The summed E-state index contributed by atoms with van der Waals surface area (Å²) in [5, 5.41) is 0. The van der Waals surface area contributed by atoms with Crippen molar-refractivity contribution in [2.45, 2.75) is 51.6 Å². The van der Waals surface area contributed by atoms with Gasteiger partial charge in [0.1, 0.15) is 5.82 Å². The molecule has 0 aliphatic heterocycles. The first-order valence-corrected chi connectivity index (χ1v) is 7.27. The van der Waals surface area contributed by atoms with E-state index >= 15 is 0 Å². The molecular weight excluding hydrogens is 239 g/mol. The third-order valence-corrected chi connectivity index (χ3v) is 4.32. The Morgan fingerprint density at radius 2 is 2.11 bits per heavy atom. The van der Waals surface area contributed by atoms with Gasteiger partial charge in [-0.15, -0.1) is 0 Å². The molecule has 0 amide bonds. The second-order valence-corrected chi connectivity index (χ2v) is 6.00. The number of anilines is 1. The average molecular weight is 264 g/mol. The minimum atomic E-state index is -0.157. The van der Waals surface area contributed by atoms with Crippen LogP contribution in [0.25, 0.3) is 0 Å². The number of halogens is 1. The first-order valence-electron chi connectivity index (χ1n) is 7.27. The molecule has 0 bridgehead atoms. The molecule has 2 rings (SSSR count). The van der Waals surface area contributed by atoms with E-state index in [1.165, 1.54) is 18.9 Å². The Morgan fingerprint density at radius 3 is 2.74 bits per heavy atom. The Bertz CT molecular complexity index is 431. The molecule has 1 aliphatic carbocycles. The fourth-order valence-corrected chi connectivity index (χ4v) is 3.21. The lowest BCUT2D eigenvalue weighted by Crippen LogP contribution is -2.37. The summed E-state index contributed by atoms with van der Waals surface area (Å²) in [5.41, 5.74) is 7.58. The predicted octanol–water partition coefficient (Wildman–Crippen LogP) is 3.86. The summed E-state index contributed by atoms with van der Waals surface area (Å²) in [6.45, 7) is 4.20. The van der Waals surface area contributed by atoms with Crippen LogP contribution < -0.4 is 10.6 Å². The molecule has 1 aliphatic rings. The summed E-state index contributed by atoms with van der Waals surface area (Å²) in [4.78, 5) is 2.11. The molecule has 0 heterocycles. The molecule has 2 N–H and O–H groups in total. The number of para-hydroxylation sites is 1. The molecule has 0 radical (unpaired) electrons. The van der Waals surface area contributed by atoms with Crippen LogP contribution in [-0.4, -0.2) is 13.1 Å². The van der Waals surface area contributed by atoms with Gasteiger partial charge in [0.15, 0.2) is 0 Å². The van der Waals surface area contributed by atoms with Gasteiger partial charge in [0.05, 0.1) is 5.69 Å². The van der Waals surface area contributed by atoms with Gasteiger partial charge in [0.25, 0.3) is 0 Å². The van der Waals surface area contributed by atoms with Crippen molar-refractivity contribution in [3.63, 3.8) is 0 Å². The maximum atomic E-state index is 14.2. The van der Waals surface area contributed by atoms with Crippen molar-refractivity contribution >= 4 is 5.69 Å². The van der Waals surface area contributed by atoms with Crippen molar-refractivity contribution in [1.82, 2.24) is 0 Å². The molecule has 1 saturated carbocycles. The number of hydrogen-bond acceptors (Lipinski definition) is 2. The minimum Gasteiger partial charge on any atom is -0.369 e. The molecule has 3 heteroatoms. The maximum absolute atomic E-state index is 14.2. The summed E-state index contributed by atoms with van der Waals surface area (Å²) >= 11 is 0. The Labute approximate surface area is 115 Å². The van der Waals surface area contributed by atoms with Gasteiger partial charge in [-0.1, -0.05) is 31.9 Å². The van der Waals surface area contributed by atoms with Gasteiger partial charge in [-0.25, -0.2) is 4.39 Å². The molecule has 0 saturated heterocycles. The van der Waals surface area contributed by atoms with E-state index in [2.05, 4.69) is 11.8 Å². The molecule has 0 aromatic heterocycles. The lowest BCUT2D eigenvalue weighted by molar-refractivity contribution is 0.335. The molecule has 1 fully saturated rings. The second kappa shape index (κ2) is 5.91. The van der Waals surface area contributed by atoms with Crippen LogP contribution in [0.1, 0.15) is 51.1 Å². The smallest absolute Gasteiger partial charge is 0.146 e. The van der Waals surface area contributed by atoms with Crippen molar-refractivity contribution in [2.24, 2.45) is 11.7 Å². The highest BCUT2D eigenvalue weighted by atomic mass is 19.1. The standard InChI is InChI=1S/C16H25FN2/c1-11-6-4-7-13(10-11)19(3)16-14(12(2)18)8-5-9-15(16)17/h5,8-9,11-13H,4,6-7,10,18H2,1-3H3/t11?,12-,13?/m0/s1. The van der Waals surface area contributed by atoms with Crippen LogP contribution >= 0.6 is 0 Å². The Balaban J connectivity index is 2.29. The second-order valence-electron chi connectivity index (χ2n) is 6.00. The van der Waals surface area contributed by atoms with E-state index < -0.39 is 0 Å². The predicted molar refractivity (Wildman–Crippen MR) is 78.8 cm³/mol. The van der Waals surface area contributed by atoms with Gasteiger partial charge < -0.3 is 10.6 Å². The largest absolute Gasteiger partial charge is 0.369 e. The van der Waals surface area contributed by atoms with Crippen LogP contribution in [0, 0.1) is 11.7 Å². The van der Waals surface area contributed by atoms with Crippen molar-refractivity contribution in [1.29, 1.82) is 0 Å². The van der Waals surface area contributed by atoms with Crippen molar-refractivity contribution < 1.29 is 4.39 Å². The summed E-state index contributed by atoms with van der Waals surface area (Å²) in [5.74, 6) is 0.572. The van der Waals surface area contributed by atoms with Crippen LogP contribution in [0.2, 0.25) is 0 Å². The van der Waals surface area contributed by atoms with Crippen LogP contribution in [0.4, 0.5) is 10.1 Å². The quantitative estimate of drug-likeness (QED) is 0.898. The van der Waals surface area contributed by atoms with E-state index in [1.54, 1.807) is 6.07 Å². The van der Waals surface area contributed by atoms with Gasteiger partial charge in [0, 0.05) is 19.1 Å². The Morgan fingerprint density at radius 1 is 1.37 bits per heavy atom. The number of rotatable bonds is 3. The third-order valence-electron chi connectivity index (χ3n) is 4.32. The van der Waals surface area contributed by atoms with E-state index in [0.29, 0.717) is 11.7 Å². The van der Waals surface area contributed by atoms with Crippen molar-refractivity contribution in [3.8, 4) is 0 Å². The zero-order valence-electron chi connectivity index (χ0n) is 12.2. The van der Waals surface area contributed by atoms with Gasteiger partial charge >= 0.3 is 0 Å². The van der Waals surface area contributed by atoms with Crippen LogP contribution in [0.5, 0.6) is 0 Å². The summed E-state index contributed by atoms with van der Waals surface area (Å²) in [7, 11) is 2.01.